The van der Waals surface area contributed by atoms with E-state index in [-0.39, 0.29) is 0 Å². The molecule has 2 heterocycles. The van der Waals surface area contributed by atoms with Gasteiger partial charge in [-0.1, -0.05) is 30.3 Å². The topological polar surface area (TPSA) is 51.7 Å². The van der Waals surface area contributed by atoms with Crippen LogP contribution in [0.2, 0.25) is 0 Å². The molecule has 0 bridgehead atoms. The van der Waals surface area contributed by atoms with Gasteiger partial charge in [-0.15, -0.1) is 0 Å². The van der Waals surface area contributed by atoms with E-state index >= 15 is 0 Å². The minimum Gasteiger partial charge on any atom is -0.480 e. The number of piperidine rings is 1. The van der Waals surface area contributed by atoms with Crippen LogP contribution < -0.4 is 9.64 Å². The second-order valence-corrected chi connectivity index (χ2v) is 5.89. The third-order valence-electron chi connectivity index (χ3n) is 4.53. The Morgan fingerprint density at radius 2 is 1.79 bits per heavy atom. The van der Waals surface area contributed by atoms with Gasteiger partial charge in [0.15, 0.2) is 0 Å². The van der Waals surface area contributed by atoms with Crippen molar-refractivity contribution < 1.29 is 14.3 Å². The lowest BCUT2D eigenvalue weighted by atomic mass is 9.89. The molecule has 0 amide bonds. The molecule has 0 N–H and O–H groups in total. The molecule has 1 aromatic carbocycles. The number of methoxy groups -OCH3 is 2. The van der Waals surface area contributed by atoms with Crippen LogP contribution in [0.3, 0.4) is 0 Å². The maximum Gasteiger partial charge on any atom is 0.343 e. The van der Waals surface area contributed by atoms with Crippen LogP contribution in [0.25, 0.3) is 0 Å². The van der Waals surface area contributed by atoms with E-state index in [2.05, 4.69) is 40.2 Å². The quantitative estimate of drug-likeness (QED) is 0.807. The number of hydrogen-bond donors (Lipinski definition) is 0. The first-order valence-electron chi connectivity index (χ1n) is 8.16. The normalized spacial score (nSPS) is 15.2. The van der Waals surface area contributed by atoms with Crippen molar-refractivity contribution in [1.29, 1.82) is 0 Å². The van der Waals surface area contributed by atoms with E-state index in [0.29, 0.717) is 17.4 Å². The number of ether oxygens (including phenoxy) is 2. The standard InChI is InChI=1S/C19H22N2O3/c1-23-18-16(19(22)24-2)8-9-17(20-18)21-12-10-15(11-13-21)14-6-4-3-5-7-14/h3-9,15H,10-13H2,1-2H3. The molecule has 0 saturated carbocycles. The fourth-order valence-electron chi connectivity index (χ4n) is 3.19. The largest absolute Gasteiger partial charge is 0.480 e. The van der Waals surface area contributed by atoms with Crippen molar-refractivity contribution in [3.63, 3.8) is 0 Å². The van der Waals surface area contributed by atoms with E-state index in [1.807, 2.05) is 6.07 Å². The van der Waals surface area contributed by atoms with Crippen LogP contribution >= 0.6 is 0 Å². The molecule has 1 fully saturated rings. The van der Waals surface area contributed by atoms with Crippen molar-refractivity contribution in [2.24, 2.45) is 0 Å². The van der Waals surface area contributed by atoms with Gasteiger partial charge in [0.05, 0.1) is 14.2 Å². The average Bonchev–Trinajstić information content (AvgIpc) is 2.67. The lowest BCUT2D eigenvalue weighted by Crippen LogP contribution is -2.33. The Balaban J connectivity index is 1.71. The number of anilines is 1. The van der Waals surface area contributed by atoms with E-state index in [1.165, 1.54) is 19.8 Å². The molecular weight excluding hydrogens is 304 g/mol. The van der Waals surface area contributed by atoms with Gasteiger partial charge in [-0.25, -0.2) is 4.79 Å². The summed E-state index contributed by atoms with van der Waals surface area (Å²) in [7, 11) is 2.87. The summed E-state index contributed by atoms with van der Waals surface area (Å²) >= 11 is 0. The van der Waals surface area contributed by atoms with Crippen molar-refractivity contribution in [1.82, 2.24) is 4.98 Å². The number of esters is 1. The number of carbonyl (C=O) groups is 1. The maximum absolute atomic E-state index is 11.7. The summed E-state index contributed by atoms with van der Waals surface area (Å²) in [5.74, 6) is 1.31. The highest BCUT2D eigenvalue weighted by atomic mass is 16.5. The van der Waals surface area contributed by atoms with Crippen LogP contribution in [0.5, 0.6) is 5.88 Å². The molecule has 5 heteroatoms. The number of aromatic nitrogens is 1. The Bertz CT molecular complexity index is 695. The first-order valence-corrected chi connectivity index (χ1v) is 8.16. The van der Waals surface area contributed by atoms with Gasteiger partial charge in [0.1, 0.15) is 11.4 Å². The smallest absolute Gasteiger partial charge is 0.343 e. The zero-order valence-corrected chi connectivity index (χ0v) is 14.1. The van der Waals surface area contributed by atoms with Gasteiger partial charge in [0.25, 0.3) is 0 Å². The van der Waals surface area contributed by atoms with Gasteiger partial charge in [-0.2, -0.15) is 4.98 Å². The molecule has 1 saturated heterocycles. The monoisotopic (exact) mass is 326 g/mol. The number of nitrogens with zero attached hydrogens (tertiary/aromatic N) is 2. The van der Waals surface area contributed by atoms with E-state index in [0.717, 1.165) is 31.7 Å². The minimum absolute atomic E-state index is 0.310. The summed E-state index contributed by atoms with van der Waals surface area (Å²) < 4.78 is 10.0. The zero-order chi connectivity index (χ0) is 16.9. The lowest BCUT2D eigenvalue weighted by molar-refractivity contribution is 0.0596. The van der Waals surface area contributed by atoms with Crippen molar-refractivity contribution in [3.8, 4) is 5.88 Å². The first-order chi connectivity index (χ1) is 11.7. The second-order valence-electron chi connectivity index (χ2n) is 5.89. The molecule has 0 radical (unpaired) electrons. The molecule has 0 atom stereocenters. The highest BCUT2D eigenvalue weighted by Gasteiger charge is 2.23. The minimum atomic E-state index is -0.436. The molecule has 1 aliphatic heterocycles. The Morgan fingerprint density at radius 3 is 2.42 bits per heavy atom. The maximum atomic E-state index is 11.7. The van der Waals surface area contributed by atoms with Crippen LogP contribution in [-0.2, 0) is 4.74 Å². The molecule has 0 spiro atoms. The summed E-state index contributed by atoms with van der Waals surface area (Å²) in [4.78, 5) is 18.4. The molecule has 24 heavy (non-hydrogen) atoms. The molecule has 0 unspecified atom stereocenters. The molecule has 2 aromatic rings. The predicted octanol–water partition coefficient (Wildman–Crippen LogP) is 3.26. The fraction of sp³-hybridized carbons (Fsp3) is 0.368. The van der Waals surface area contributed by atoms with Crippen LogP contribution in [0.15, 0.2) is 42.5 Å². The van der Waals surface area contributed by atoms with Gasteiger partial charge in [0.2, 0.25) is 5.88 Å². The molecular formula is C19H22N2O3. The van der Waals surface area contributed by atoms with Crippen LogP contribution in [0.4, 0.5) is 5.82 Å². The van der Waals surface area contributed by atoms with Crippen molar-refractivity contribution >= 4 is 11.8 Å². The van der Waals surface area contributed by atoms with E-state index in [4.69, 9.17) is 9.47 Å². The van der Waals surface area contributed by atoms with Crippen LogP contribution in [-0.4, -0.2) is 38.3 Å². The molecule has 126 valence electrons. The lowest BCUT2D eigenvalue weighted by Gasteiger charge is -2.33. The molecule has 3 rings (SSSR count). The van der Waals surface area contributed by atoms with Crippen LogP contribution in [0, 0.1) is 0 Å². The summed E-state index contributed by atoms with van der Waals surface area (Å²) in [6.45, 7) is 1.88. The van der Waals surface area contributed by atoms with Crippen molar-refractivity contribution in [2.75, 3.05) is 32.2 Å². The van der Waals surface area contributed by atoms with Gasteiger partial charge in [-0.3, -0.25) is 0 Å². The summed E-state index contributed by atoms with van der Waals surface area (Å²) in [5.41, 5.74) is 1.76. The Labute approximate surface area is 142 Å². The number of pyridine rings is 1. The molecule has 5 nitrogen and oxygen atoms in total. The molecule has 0 aliphatic carbocycles. The number of rotatable bonds is 4. The Morgan fingerprint density at radius 1 is 1.08 bits per heavy atom. The zero-order valence-electron chi connectivity index (χ0n) is 14.1. The van der Waals surface area contributed by atoms with Gasteiger partial charge < -0.3 is 14.4 Å². The highest BCUT2D eigenvalue weighted by molar-refractivity contribution is 5.92. The van der Waals surface area contributed by atoms with Gasteiger partial charge in [0, 0.05) is 13.1 Å². The van der Waals surface area contributed by atoms with Crippen LogP contribution in [0.1, 0.15) is 34.7 Å². The summed E-state index contributed by atoms with van der Waals surface area (Å²) in [6.07, 6.45) is 2.18. The SMILES string of the molecule is COC(=O)c1ccc(N2CCC(c3ccccc3)CC2)nc1OC. The highest BCUT2D eigenvalue weighted by Crippen LogP contribution is 2.31. The van der Waals surface area contributed by atoms with Gasteiger partial charge in [-0.05, 0) is 36.5 Å². The fourth-order valence-corrected chi connectivity index (χ4v) is 3.19. The number of hydrogen-bond acceptors (Lipinski definition) is 5. The van der Waals surface area contributed by atoms with E-state index in [1.54, 1.807) is 6.07 Å². The molecule has 1 aliphatic rings. The van der Waals surface area contributed by atoms with Crippen molar-refractivity contribution in [2.45, 2.75) is 18.8 Å². The summed E-state index contributed by atoms with van der Waals surface area (Å²) in [5, 5.41) is 0. The summed E-state index contributed by atoms with van der Waals surface area (Å²) in [6, 6.07) is 14.2. The Hall–Kier alpha value is -2.56. The first kappa shape index (κ1) is 16.3. The predicted molar refractivity (Wildman–Crippen MR) is 92.8 cm³/mol. The van der Waals surface area contributed by atoms with E-state index < -0.39 is 5.97 Å². The molecule has 1 aromatic heterocycles. The third-order valence-corrected chi connectivity index (χ3v) is 4.53. The number of carbonyl (C=O) groups excluding carboxylic acids is 1. The van der Waals surface area contributed by atoms with Crippen molar-refractivity contribution in [3.05, 3.63) is 53.6 Å². The second kappa shape index (κ2) is 7.34. The third kappa shape index (κ3) is 3.35. The Kier molecular flexibility index (Phi) is 4.99. The number of benzene rings is 1. The average molecular weight is 326 g/mol. The van der Waals surface area contributed by atoms with Gasteiger partial charge >= 0.3 is 5.97 Å². The van der Waals surface area contributed by atoms with E-state index in [9.17, 15) is 4.79 Å².